The fourth-order valence-electron chi connectivity index (χ4n) is 1.07. The van der Waals surface area contributed by atoms with E-state index in [-0.39, 0.29) is 11.3 Å². The highest BCUT2D eigenvalue weighted by Gasteiger charge is 2.16. The Morgan fingerprint density at radius 2 is 2.35 bits per heavy atom. The van der Waals surface area contributed by atoms with Gasteiger partial charge in [-0.25, -0.2) is 4.79 Å². The van der Waals surface area contributed by atoms with E-state index in [1.807, 2.05) is 0 Å². The van der Waals surface area contributed by atoms with Crippen LogP contribution in [0, 0.1) is 10.1 Å². The average molecular weight is 234 g/mol. The fourth-order valence-corrected chi connectivity index (χ4v) is 1.07. The van der Waals surface area contributed by atoms with Crippen LogP contribution in [0.5, 0.6) is 0 Å². The van der Waals surface area contributed by atoms with Crippen LogP contribution in [-0.2, 0) is 4.74 Å². The molecule has 0 unspecified atom stereocenters. The van der Waals surface area contributed by atoms with Gasteiger partial charge in [0.15, 0.2) is 0 Å². The molecule has 86 valence electrons. The number of benzene rings is 1. The van der Waals surface area contributed by atoms with Gasteiger partial charge >= 0.3 is 5.97 Å². The van der Waals surface area contributed by atoms with Gasteiger partial charge in [-0.05, 0) is 17.7 Å². The fraction of sp³-hybridized carbons (Fsp3) is 0. The zero-order valence-electron chi connectivity index (χ0n) is 8.44. The number of rotatable bonds is 4. The zero-order chi connectivity index (χ0) is 12.8. The molecule has 0 fully saturated rings. The molecule has 0 N–H and O–H groups in total. The summed E-state index contributed by atoms with van der Waals surface area (Å²) >= 11 is 0. The molecule has 0 heterocycles. The van der Waals surface area contributed by atoms with Crippen molar-refractivity contribution in [3.63, 3.8) is 0 Å². The predicted octanol–water partition coefficient (Wildman–Crippen LogP) is 2.84. The Hall–Kier alpha value is -2.86. The molecule has 8 heteroatoms. The molecule has 0 atom stereocenters. The molecule has 0 saturated heterocycles. The smallest absolute Gasteiger partial charge is 0.343 e. The Kier molecular flexibility index (Phi) is 3.80. The number of carbonyl (C=O) groups is 1. The van der Waals surface area contributed by atoms with Crippen molar-refractivity contribution >= 4 is 17.3 Å². The summed E-state index contributed by atoms with van der Waals surface area (Å²) in [5.74, 6) is -0.782. The molecule has 0 spiro atoms. The van der Waals surface area contributed by atoms with E-state index in [4.69, 9.17) is 5.53 Å². The first-order valence-electron chi connectivity index (χ1n) is 4.25. The summed E-state index contributed by atoms with van der Waals surface area (Å²) in [5.41, 5.74) is 7.54. The van der Waals surface area contributed by atoms with Crippen molar-refractivity contribution in [2.45, 2.75) is 0 Å². The van der Waals surface area contributed by atoms with E-state index in [2.05, 4.69) is 21.3 Å². The normalized spacial score (nSPS) is 8.94. The Morgan fingerprint density at radius 3 is 2.88 bits per heavy atom. The van der Waals surface area contributed by atoms with Gasteiger partial charge in [-0.15, -0.1) is 0 Å². The van der Waals surface area contributed by atoms with E-state index in [0.717, 1.165) is 18.4 Å². The van der Waals surface area contributed by atoms with Gasteiger partial charge in [-0.3, -0.25) is 10.1 Å². The Balaban J connectivity index is 3.27. The molecule has 0 bridgehead atoms. The first-order valence-corrected chi connectivity index (χ1v) is 4.25. The number of ether oxygens (including phenoxy) is 1. The molecular weight excluding hydrogens is 228 g/mol. The third kappa shape index (κ3) is 2.80. The third-order valence-corrected chi connectivity index (χ3v) is 1.75. The highest BCUT2D eigenvalue weighted by molar-refractivity contribution is 5.91. The number of azide groups is 1. The van der Waals surface area contributed by atoms with E-state index in [9.17, 15) is 14.9 Å². The lowest BCUT2D eigenvalue weighted by atomic mass is 10.2. The highest BCUT2D eigenvalue weighted by atomic mass is 16.6. The number of hydrogen-bond acceptors (Lipinski definition) is 5. The largest absolute Gasteiger partial charge is 0.432 e. The lowest BCUT2D eigenvalue weighted by Crippen LogP contribution is -2.01. The van der Waals surface area contributed by atoms with Crippen LogP contribution in [0.1, 0.15) is 10.4 Å². The number of esters is 1. The van der Waals surface area contributed by atoms with Gasteiger partial charge in [0.05, 0.1) is 16.7 Å². The van der Waals surface area contributed by atoms with E-state index in [1.165, 1.54) is 6.07 Å². The van der Waals surface area contributed by atoms with Gasteiger partial charge in [-0.1, -0.05) is 11.7 Å². The molecule has 0 aliphatic rings. The summed E-state index contributed by atoms with van der Waals surface area (Å²) in [4.78, 5) is 23.6. The lowest BCUT2D eigenvalue weighted by Gasteiger charge is -2.00. The quantitative estimate of drug-likeness (QED) is 0.151. The second kappa shape index (κ2) is 5.29. The van der Waals surface area contributed by atoms with Crippen molar-refractivity contribution in [3.8, 4) is 0 Å². The maximum absolute atomic E-state index is 11.3. The van der Waals surface area contributed by atoms with Gasteiger partial charge < -0.3 is 4.74 Å². The molecule has 17 heavy (non-hydrogen) atoms. The molecule has 0 radical (unpaired) electrons. The minimum atomic E-state index is -0.782. The van der Waals surface area contributed by atoms with Crippen molar-refractivity contribution in [1.82, 2.24) is 0 Å². The molecular formula is C9H6N4O4. The number of nitro benzene ring substituents is 1. The molecule has 0 aliphatic carbocycles. The lowest BCUT2D eigenvalue weighted by molar-refractivity contribution is -0.384. The molecule has 1 aromatic rings. The summed E-state index contributed by atoms with van der Waals surface area (Å²) in [7, 11) is 0. The van der Waals surface area contributed by atoms with Crippen molar-refractivity contribution in [3.05, 3.63) is 57.2 Å². The number of hydrogen-bond donors (Lipinski definition) is 0. The standard InChI is InChI=1S/C9H6N4O4/c1-2-17-9(14)6-3-4-7(11-12-10)8(5-6)13(15)16/h2-5H,1H2. The van der Waals surface area contributed by atoms with E-state index < -0.39 is 16.6 Å². The molecule has 8 nitrogen and oxygen atoms in total. The minimum Gasteiger partial charge on any atom is -0.432 e. The topological polar surface area (TPSA) is 118 Å². The van der Waals surface area contributed by atoms with Crippen molar-refractivity contribution < 1.29 is 14.5 Å². The molecule has 1 aromatic carbocycles. The molecule has 0 aliphatic heterocycles. The van der Waals surface area contributed by atoms with E-state index in [1.54, 1.807) is 0 Å². The predicted molar refractivity (Wildman–Crippen MR) is 57.5 cm³/mol. The number of nitro groups is 1. The number of nitrogens with zero attached hydrogens (tertiary/aromatic N) is 4. The van der Waals surface area contributed by atoms with Crippen molar-refractivity contribution in [2.24, 2.45) is 5.11 Å². The second-order valence-corrected chi connectivity index (χ2v) is 2.72. The average Bonchev–Trinajstić information content (AvgIpc) is 2.30. The van der Waals surface area contributed by atoms with Gasteiger partial charge in [-0.2, -0.15) is 0 Å². The first kappa shape index (κ1) is 12.2. The Morgan fingerprint density at radius 1 is 1.65 bits per heavy atom. The molecule has 0 amide bonds. The van der Waals surface area contributed by atoms with Gasteiger partial charge in [0, 0.05) is 11.0 Å². The van der Waals surface area contributed by atoms with Gasteiger partial charge in [0.25, 0.3) is 5.69 Å². The SMILES string of the molecule is C=COC(=O)c1ccc(N=[N+]=[N-])c([N+](=O)[O-])c1. The summed E-state index contributed by atoms with van der Waals surface area (Å²) in [5, 5.41) is 13.8. The maximum atomic E-state index is 11.3. The van der Waals surface area contributed by atoms with Crippen LogP contribution in [0.25, 0.3) is 10.4 Å². The molecule has 1 rings (SSSR count). The Labute approximate surface area is 94.9 Å². The monoisotopic (exact) mass is 234 g/mol. The van der Waals surface area contributed by atoms with Crippen LogP contribution in [0.3, 0.4) is 0 Å². The summed E-state index contributed by atoms with van der Waals surface area (Å²) in [6, 6.07) is 3.39. The highest BCUT2D eigenvalue weighted by Crippen LogP contribution is 2.28. The van der Waals surface area contributed by atoms with Crippen LogP contribution in [0.15, 0.2) is 36.2 Å². The Bertz CT molecular complexity index is 534. The van der Waals surface area contributed by atoms with Crippen LogP contribution in [-0.4, -0.2) is 10.9 Å². The van der Waals surface area contributed by atoms with Crippen LogP contribution >= 0.6 is 0 Å². The second-order valence-electron chi connectivity index (χ2n) is 2.72. The van der Waals surface area contributed by atoms with Gasteiger partial charge in [0.2, 0.25) is 0 Å². The summed E-state index contributed by atoms with van der Waals surface area (Å²) in [6.07, 6.45) is 0.912. The molecule has 0 aromatic heterocycles. The number of carbonyl (C=O) groups excluding carboxylic acids is 1. The third-order valence-electron chi connectivity index (χ3n) is 1.75. The minimum absolute atomic E-state index is 0.0338. The summed E-state index contributed by atoms with van der Waals surface area (Å²) < 4.78 is 4.46. The van der Waals surface area contributed by atoms with Crippen LogP contribution in [0.4, 0.5) is 11.4 Å². The van der Waals surface area contributed by atoms with Crippen molar-refractivity contribution in [2.75, 3.05) is 0 Å². The van der Waals surface area contributed by atoms with E-state index >= 15 is 0 Å². The van der Waals surface area contributed by atoms with Crippen molar-refractivity contribution in [1.29, 1.82) is 0 Å². The zero-order valence-corrected chi connectivity index (χ0v) is 8.44. The first-order chi connectivity index (χ1) is 8.10. The summed E-state index contributed by atoms with van der Waals surface area (Å²) in [6.45, 7) is 3.19. The maximum Gasteiger partial charge on any atom is 0.343 e. The van der Waals surface area contributed by atoms with E-state index in [0.29, 0.717) is 0 Å². The van der Waals surface area contributed by atoms with Gasteiger partial charge in [0.1, 0.15) is 5.69 Å². The molecule has 0 saturated carbocycles. The van der Waals surface area contributed by atoms with Crippen LogP contribution in [0.2, 0.25) is 0 Å². The van der Waals surface area contributed by atoms with Crippen LogP contribution < -0.4 is 0 Å².